The molecule has 0 fully saturated rings. The molecule has 1 aromatic rings. The maximum atomic E-state index is 10.9. The number of sulfonamides is 1. The smallest absolute Gasteiger partial charge is 0.330 e. The molecule has 0 heterocycles. The van der Waals surface area contributed by atoms with E-state index in [-0.39, 0.29) is 0 Å². The summed E-state index contributed by atoms with van der Waals surface area (Å²) in [5.41, 5.74) is -0.886. The molecule has 9 heteroatoms. The van der Waals surface area contributed by atoms with Gasteiger partial charge in [-0.3, -0.25) is 10.1 Å². The molecule has 0 spiro atoms. The van der Waals surface area contributed by atoms with E-state index >= 15 is 0 Å². The number of nitrogens with two attached hydrogens (primary N) is 1. The largest absolute Gasteiger partial charge is 0.502 e. The van der Waals surface area contributed by atoms with Gasteiger partial charge in [0.1, 0.15) is 9.92 Å². The molecule has 0 radical (unpaired) electrons. The highest BCUT2D eigenvalue weighted by Gasteiger charge is 2.26. The number of phenolic OH excluding ortho intramolecular Hbond substituents is 1. The van der Waals surface area contributed by atoms with E-state index < -0.39 is 36.3 Å². The molecule has 0 saturated carbocycles. The van der Waals surface area contributed by atoms with Crippen molar-refractivity contribution in [3.05, 3.63) is 27.3 Å². The van der Waals surface area contributed by atoms with Crippen LogP contribution in [0.4, 0.5) is 5.69 Å². The standard InChI is InChI=1S/C6H5ClN2O5S/c7-5-4(15(8,13)14)2-1-3(10)6(5)9(11)12/h1-2,10H,(H2,8,13,14). The number of primary sulfonamides is 1. The van der Waals surface area contributed by atoms with Crippen LogP contribution in [-0.4, -0.2) is 18.4 Å². The average Bonchev–Trinajstić information content (AvgIpc) is 2.00. The predicted molar refractivity (Wildman–Crippen MR) is 51.1 cm³/mol. The Balaban J connectivity index is 3.64. The van der Waals surface area contributed by atoms with Crippen molar-refractivity contribution in [2.24, 2.45) is 5.14 Å². The van der Waals surface area contributed by atoms with Crippen molar-refractivity contribution in [1.29, 1.82) is 0 Å². The highest BCUT2D eigenvalue weighted by molar-refractivity contribution is 7.89. The van der Waals surface area contributed by atoms with Gasteiger partial charge < -0.3 is 5.11 Å². The third kappa shape index (κ3) is 2.17. The summed E-state index contributed by atoms with van der Waals surface area (Å²) in [4.78, 5) is 8.85. The van der Waals surface area contributed by atoms with Crippen molar-refractivity contribution in [2.75, 3.05) is 0 Å². The normalized spacial score (nSPS) is 11.3. The van der Waals surface area contributed by atoms with Gasteiger partial charge >= 0.3 is 5.69 Å². The molecule has 0 bridgehead atoms. The van der Waals surface area contributed by atoms with E-state index in [0.717, 1.165) is 12.1 Å². The molecule has 7 nitrogen and oxygen atoms in total. The van der Waals surface area contributed by atoms with Gasteiger partial charge in [-0.25, -0.2) is 13.6 Å². The first kappa shape index (κ1) is 11.7. The number of nitro benzene ring substituents is 1. The van der Waals surface area contributed by atoms with Crippen LogP contribution in [0.5, 0.6) is 5.75 Å². The van der Waals surface area contributed by atoms with E-state index in [1.165, 1.54) is 0 Å². The zero-order valence-electron chi connectivity index (χ0n) is 7.05. The van der Waals surface area contributed by atoms with Gasteiger partial charge in [0.05, 0.1) is 4.92 Å². The number of nitrogens with zero attached hydrogens (tertiary/aromatic N) is 1. The van der Waals surface area contributed by atoms with E-state index in [9.17, 15) is 18.5 Å². The average molecular weight is 253 g/mol. The topological polar surface area (TPSA) is 124 Å². The number of rotatable bonds is 2. The van der Waals surface area contributed by atoms with Crippen molar-refractivity contribution in [1.82, 2.24) is 0 Å². The molecule has 1 rings (SSSR count). The van der Waals surface area contributed by atoms with E-state index in [1.54, 1.807) is 0 Å². The zero-order valence-corrected chi connectivity index (χ0v) is 8.62. The molecule has 0 unspecified atom stereocenters. The lowest BCUT2D eigenvalue weighted by molar-refractivity contribution is -0.385. The number of benzene rings is 1. The van der Waals surface area contributed by atoms with Crippen LogP contribution >= 0.6 is 11.6 Å². The summed E-state index contributed by atoms with van der Waals surface area (Å²) in [7, 11) is -4.15. The van der Waals surface area contributed by atoms with Crippen LogP contribution in [0, 0.1) is 10.1 Å². The fourth-order valence-corrected chi connectivity index (χ4v) is 2.08. The summed E-state index contributed by atoms with van der Waals surface area (Å²) in [6.07, 6.45) is 0. The van der Waals surface area contributed by atoms with Crippen LogP contribution in [0.15, 0.2) is 17.0 Å². The fourth-order valence-electron chi connectivity index (χ4n) is 0.929. The molecular formula is C6H5ClN2O5S. The maximum absolute atomic E-state index is 10.9. The van der Waals surface area contributed by atoms with Crippen molar-refractivity contribution >= 4 is 27.3 Å². The number of nitro groups is 1. The minimum Gasteiger partial charge on any atom is -0.502 e. The van der Waals surface area contributed by atoms with Gasteiger partial charge in [0, 0.05) is 0 Å². The van der Waals surface area contributed by atoms with Gasteiger partial charge in [-0.2, -0.15) is 0 Å². The minimum absolute atomic E-state index is 0.603. The number of hydrogen-bond donors (Lipinski definition) is 2. The second kappa shape index (κ2) is 3.65. The van der Waals surface area contributed by atoms with Crippen LogP contribution in [0.1, 0.15) is 0 Å². The summed E-state index contributed by atoms with van der Waals surface area (Å²) in [6.45, 7) is 0. The van der Waals surface area contributed by atoms with Gasteiger partial charge in [-0.15, -0.1) is 0 Å². The number of aromatic hydroxyl groups is 1. The highest BCUT2D eigenvalue weighted by Crippen LogP contribution is 2.37. The van der Waals surface area contributed by atoms with Crippen LogP contribution in [0.25, 0.3) is 0 Å². The molecule has 3 N–H and O–H groups in total. The van der Waals surface area contributed by atoms with Gasteiger partial charge in [0.15, 0.2) is 5.75 Å². The fraction of sp³-hybridized carbons (Fsp3) is 0. The Labute approximate surface area is 89.3 Å². The van der Waals surface area contributed by atoms with Crippen molar-refractivity contribution in [2.45, 2.75) is 4.90 Å². The van der Waals surface area contributed by atoms with E-state index in [4.69, 9.17) is 21.8 Å². The second-order valence-corrected chi connectivity index (χ2v) is 4.46. The van der Waals surface area contributed by atoms with Crippen LogP contribution in [0.3, 0.4) is 0 Å². The van der Waals surface area contributed by atoms with Crippen LogP contribution in [-0.2, 0) is 10.0 Å². The molecule has 0 amide bonds. The van der Waals surface area contributed by atoms with E-state index in [0.29, 0.717) is 0 Å². The lowest BCUT2D eigenvalue weighted by Crippen LogP contribution is -2.13. The molecule has 0 atom stereocenters. The van der Waals surface area contributed by atoms with Crippen molar-refractivity contribution in [3.8, 4) is 5.75 Å². The number of halogens is 1. The number of phenols is 1. The Kier molecular flexibility index (Phi) is 2.84. The Hall–Kier alpha value is -1.38. The lowest BCUT2D eigenvalue weighted by atomic mass is 10.3. The number of hydrogen-bond acceptors (Lipinski definition) is 5. The second-order valence-electron chi connectivity index (χ2n) is 2.55. The van der Waals surface area contributed by atoms with E-state index in [2.05, 4.69) is 0 Å². The van der Waals surface area contributed by atoms with Gasteiger partial charge in [0.25, 0.3) is 0 Å². The Morgan fingerprint density at radius 2 is 2.00 bits per heavy atom. The third-order valence-corrected chi connectivity index (χ3v) is 3.00. The lowest BCUT2D eigenvalue weighted by Gasteiger charge is -2.03. The Morgan fingerprint density at radius 1 is 1.47 bits per heavy atom. The van der Waals surface area contributed by atoms with Crippen LogP contribution < -0.4 is 5.14 Å². The first-order chi connectivity index (χ1) is 6.75. The van der Waals surface area contributed by atoms with Crippen molar-refractivity contribution in [3.63, 3.8) is 0 Å². The molecule has 15 heavy (non-hydrogen) atoms. The molecule has 0 aliphatic rings. The molecule has 0 aliphatic carbocycles. The minimum atomic E-state index is -4.15. The quantitative estimate of drug-likeness (QED) is 0.589. The van der Waals surface area contributed by atoms with Gasteiger partial charge in [0.2, 0.25) is 10.0 Å². The van der Waals surface area contributed by atoms with E-state index in [1.807, 2.05) is 0 Å². The predicted octanol–water partition coefficient (Wildman–Crippen LogP) is 0.601. The third-order valence-electron chi connectivity index (χ3n) is 1.55. The van der Waals surface area contributed by atoms with Gasteiger partial charge in [-0.05, 0) is 12.1 Å². The Morgan fingerprint density at radius 3 is 2.40 bits per heavy atom. The molecule has 0 saturated heterocycles. The summed E-state index contributed by atoms with van der Waals surface area (Å²) in [5, 5.41) is 23.6. The molecule has 1 aromatic carbocycles. The first-order valence-electron chi connectivity index (χ1n) is 3.44. The summed E-state index contributed by atoms with van der Waals surface area (Å²) in [5.74, 6) is -0.725. The highest BCUT2D eigenvalue weighted by atomic mass is 35.5. The summed E-state index contributed by atoms with van der Waals surface area (Å²) >= 11 is 5.43. The summed E-state index contributed by atoms with van der Waals surface area (Å²) < 4.78 is 21.9. The summed E-state index contributed by atoms with van der Waals surface area (Å²) in [6, 6.07) is 1.73. The maximum Gasteiger partial charge on any atom is 0.330 e. The Bertz CT molecular complexity index is 527. The molecule has 0 aliphatic heterocycles. The first-order valence-corrected chi connectivity index (χ1v) is 5.36. The zero-order chi connectivity index (χ0) is 11.8. The SMILES string of the molecule is NS(=O)(=O)c1ccc(O)c([N+](=O)[O-])c1Cl. The molecule has 0 aromatic heterocycles. The van der Waals surface area contributed by atoms with Crippen LogP contribution in [0.2, 0.25) is 5.02 Å². The van der Waals surface area contributed by atoms with Crippen molar-refractivity contribution < 1.29 is 18.4 Å². The molecular weight excluding hydrogens is 248 g/mol. The van der Waals surface area contributed by atoms with Gasteiger partial charge in [-0.1, -0.05) is 11.6 Å². The monoisotopic (exact) mass is 252 g/mol. The molecule has 82 valence electrons.